The van der Waals surface area contributed by atoms with E-state index in [4.69, 9.17) is 0 Å². The Bertz CT molecular complexity index is 602. The Kier molecular flexibility index (Phi) is 4.65. The third-order valence-electron chi connectivity index (χ3n) is 2.74. The van der Waals surface area contributed by atoms with Crippen LogP contribution in [0.15, 0.2) is 48.5 Å². The highest BCUT2D eigenvalue weighted by Gasteiger charge is 2.04. The minimum atomic E-state index is -0.433. The van der Waals surface area contributed by atoms with E-state index >= 15 is 0 Å². The lowest BCUT2D eigenvalue weighted by atomic mass is 10.2. The summed E-state index contributed by atoms with van der Waals surface area (Å²) in [4.78, 5) is 11.5. The Morgan fingerprint density at radius 2 is 1.70 bits per heavy atom. The van der Waals surface area contributed by atoms with Gasteiger partial charge in [0.2, 0.25) is 0 Å². The van der Waals surface area contributed by atoms with Gasteiger partial charge in [-0.25, -0.2) is 13.6 Å². The van der Waals surface area contributed by atoms with Crippen LogP contribution >= 0.6 is 0 Å². The molecule has 104 valence electrons. The number of hydrogen-bond donors (Lipinski definition) is 2. The normalized spacial score (nSPS) is 10.1. The summed E-state index contributed by atoms with van der Waals surface area (Å²) in [5, 5.41) is 5.12. The molecule has 0 aliphatic rings. The zero-order chi connectivity index (χ0) is 14.4. The predicted octanol–water partition coefficient (Wildman–Crippen LogP) is 2.96. The largest absolute Gasteiger partial charge is 0.334 e. The Hall–Kier alpha value is -2.43. The molecular weight excluding hydrogens is 262 g/mol. The van der Waals surface area contributed by atoms with Crippen molar-refractivity contribution in [3.05, 3.63) is 71.3 Å². The zero-order valence-electron chi connectivity index (χ0n) is 10.7. The van der Waals surface area contributed by atoms with Crippen LogP contribution in [0.2, 0.25) is 0 Å². The molecule has 0 aliphatic heterocycles. The van der Waals surface area contributed by atoms with E-state index in [1.54, 1.807) is 30.3 Å². The molecule has 0 spiro atoms. The molecule has 0 atom stereocenters. The van der Waals surface area contributed by atoms with E-state index in [0.717, 1.165) is 0 Å². The van der Waals surface area contributed by atoms with Crippen LogP contribution in [-0.2, 0) is 13.1 Å². The van der Waals surface area contributed by atoms with Gasteiger partial charge in [0.05, 0.1) is 0 Å². The number of benzene rings is 2. The van der Waals surface area contributed by atoms with Gasteiger partial charge in [-0.3, -0.25) is 0 Å². The molecule has 0 unspecified atom stereocenters. The Labute approximate surface area is 115 Å². The number of carbonyl (C=O) groups excluding carboxylic acids is 1. The molecule has 0 aromatic heterocycles. The van der Waals surface area contributed by atoms with E-state index in [2.05, 4.69) is 10.6 Å². The standard InChI is InChI=1S/C15H14F2N2O/c16-13-6-3-4-11(8-13)9-18-15(20)19-10-12-5-1-2-7-14(12)17/h1-8H,9-10H2,(H2,18,19,20). The van der Waals surface area contributed by atoms with Gasteiger partial charge in [-0.1, -0.05) is 30.3 Å². The van der Waals surface area contributed by atoms with Crippen LogP contribution < -0.4 is 10.6 Å². The summed E-state index contributed by atoms with van der Waals surface area (Å²) in [5.74, 6) is -0.714. The number of amides is 2. The highest BCUT2D eigenvalue weighted by molar-refractivity contribution is 5.73. The average molecular weight is 276 g/mol. The second-order valence-corrected chi connectivity index (χ2v) is 4.26. The summed E-state index contributed by atoms with van der Waals surface area (Å²) in [7, 11) is 0. The highest BCUT2D eigenvalue weighted by Crippen LogP contribution is 2.05. The van der Waals surface area contributed by atoms with Crippen molar-refractivity contribution in [2.24, 2.45) is 0 Å². The molecule has 0 radical (unpaired) electrons. The minimum Gasteiger partial charge on any atom is -0.334 e. The van der Waals surface area contributed by atoms with Gasteiger partial charge in [0.25, 0.3) is 0 Å². The van der Waals surface area contributed by atoms with Crippen molar-refractivity contribution in [1.82, 2.24) is 10.6 Å². The second-order valence-electron chi connectivity index (χ2n) is 4.26. The van der Waals surface area contributed by atoms with Gasteiger partial charge in [-0.05, 0) is 23.8 Å². The van der Waals surface area contributed by atoms with Gasteiger partial charge < -0.3 is 10.6 Å². The van der Waals surface area contributed by atoms with Gasteiger partial charge in [0.15, 0.2) is 0 Å². The third kappa shape index (κ3) is 4.05. The smallest absolute Gasteiger partial charge is 0.315 e. The molecule has 0 bridgehead atoms. The van der Waals surface area contributed by atoms with E-state index in [0.29, 0.717) is 11.1 Å². The quantitative estimate of drug-likeness (QED) is 0.885. The van der Waals surface area contributed by atoms with Crippen molar-refractivity contribution in [2.45, 2.75) is 13.1 Å². The van der Waals surface area contributed by atoms with E-state index in [9.17, 15) is 13.6 Å². The Balaban J connectivity index is 1.80. The second kappa shape index (κ2) is 6.65. The van der Waals surface area contributed by atoms with Crippen LogP contribution in [0.4, 0.5) is 13.6 Å². The third-order valence-corrected chi connectivity index (χ3v) is 2.74. The first kappa shape index (κ1) is 14.0. The molecule has 3 nitrogen and oxygen atoms in total. The fourth-order valence-corrected chi connectivity index (χ4v) is 1.71. The maximum atomic E-state index is 13.3. The minimum absolute atomic E-state index is 0.0989. The summed E-state index contributed by atoms with van der Waals surface area (Å²) in [5.41, 5.74) is 1.07. The number of rotatable bonds is 4. The lowest BCUT2D eigenvalue weighted by Gasteiger charge is -2.08. The van der Waals surface area contributed by atoms with Crippen molar-refractivity contribution in [3.63, 3.8) is 0 Å². The van der Waals surface area contributed by atoms with E-state index < -0.39 is 6.03 Å². The SMILES string of the molecule is O=C(NCc1cccc(F)c1)NCc1ccccc1F. The van der Waals surface area contributed by atoms with E-state index in [1.807, 2.05) is 0 Å². The fourth-order valence-electron chi connectivity index (χ4n) is 1.71. The predicted molar refractivity (Wildman–Crippen MR) is 71.9 cm³/mol. The van der Waals surface area contributed by atoms with Crippen molar-refractivity contribution in [3.8, 4) is 0 Å². The summed E-state index contributed by atoms with van der Waals surface area (Å²) in [6.07, 6.45) is 0. The summed E-state index contributed by atoms with van der Waals surface area (Å²) in [6, 6.07) is 11.7. The molecule has 5 heteroatoms. The first-order valence-electron chi connectivity index (χ1n) is 6.15. The molecule has 2 amide bonds. The fraction of sp³-hybridized carbons (Fsp3) is 0.133. The lowest BCUT2D eigenvalue weighted by Crippen LogP contribution is -2.34. The van der Waals surface area contributed by atoms with Gasteiger partial charge in [0, 0.05) is 18.7 Å². The Morgan fingerprint density at radius 1 is 0.950 bits per heavy atom. The molecule has 0 saturated carbocycles. The summed E-state index contributed by atoms with van der Waals surface area (Å²) < 4.78 is 26.3. The van der Waals surface area contributed by atoms with Crippen LogP contribution in [-0.4, -0.2) is 6.03 Å². The maximum absolute atomic E-state index is 13.3. The molecule has 2 aromatic carbocycles. The first-order valence-corrected chi connectivity index (χ1v) is 6.15. The van der Waals surface area contributed by atoms with Gasteiger partial charge >= 0.3 is 6.03 Å². The van der Waals surface area contributed by atoms with Crippen LogP contribution in [0.25, 0.3) is 0 Å². The van der Waals surface area contributed by atoms with Crippen LogP contribution in [0, 0.1) is 11.6 Å². The number of hydrogen-bond acceptors (Lipinski definition) is 1. The van der Waals surface area contributed by atoms with E-state index in [1.165, 1.54) is 18.2 Å². The maximum Gasteiger partial charge on any atom is 0.315 e. The molecule has 0 heterocycles. The molecule has 0 saturated heterocycles. The van der Waals surface area contributed by atoms with Gasteiger partial charge in [-0.2, -0.15) is 0 Å². The molecular formula is C15H14F2N2O. The average Bonchev–Trinajstić information content (AvgIpc) is 2.44. The van der Waals surface area contributed by atoms with Gasteiger partial charge in [0.1, 0.15) is 11.6 Å². The summed E-state index contributed by atoms with van der Waals surface area (Å²) in [6.45, 7) is 0.308. The van der Waals surface area contributed by atoms with Crippen molar-refractivity contribution >= 4 is 6.03 Å². The first-order chi connectivity index (χ1) is 9.65. The van der Waals surface area contributed by atoms with Crippen LogP contribution in [0.5, 0.6) is 0 Å². The number of nitrogens with one attached hydrogen (secondary N) is 2. The highest BCUT2D eigenvalue weighted by atomic mass is 19.1. The number of carbonyl (C=O) groups is 1. The lowest BCUT2D eigenvalue weighted by molar-refractivity contribution is 0.240. The van der Waals surface area contributed by atoms with Crippen molar-refractivity contribution < 1.29 is 13.6 Å². The summed E-state index contributed by atoms with van der Waals surface area (Å²) >= 11 is 0. The van der Waals surface area contributed by atoms with E-state index in [-0.39, 0.29) is 24.7 Å². The van der Waals surface area contributed by atoms with Crippen molar-refractivity contribution in [2.75, 3.05) is 0 Å². The number of halogens is 2. The molecule has 0 aliphatic carbocycles. The molecule has 0 fully saturated rings. The van der Waals surface area contributed by atoms with Crippen molar-refractivity contribution in [1.29, 1.82) is 0 Å². The van der Waals surface area contributed by atoms with Crippen LogP contribution in [0.1, 0.15) is 11.1 Å². The monoisotopic (exact) mass is 276 g/mol. The topological polar surface area (TPSA) is 41.1 Å². The number of urea groups is 1. The van der Waals surface area contributed by atoms with Crippen LogP contribution in [0.3, 0.4) is 0 Å². The molecule has 2 aromatic rings. The molecule has 2 N–H and O–H groups in total. The molecule has 2 rings (SSSR count). The Morgan fingerprint density at radius 3 is 2.45 bits per heavy atom. The van der Waals surface area contributed by atoms with Gasteiger partial charge in [-0.15, -0.1) is 0 Å². The zero-order valence-corrected chi connectivity index (χ0v) is 10.7. The molecule has 20 heavy (non-hydrogen) atoms.